The van der Waals surface area contributed by atoms with Gasteiger partial charge in [0.15, 0.2) is 0 Å². The summed E-state index contributed by atoms with van der Waals surface area (Å²) in [4.78, 5) is 11.6. The monoisotopic (exact) mass is 271 g/mol. The molecule has 0 fully saturated rings. The molecule has 0 aliphatic carbocycles. The molecule has 1 heterocycles. The first-order valence-electron chi connectivity index (χ1n) is 5.96. The first-order valence-corrected chi connectivity index (χ1v) is 7.36. The summed E-state index contributed by atoms with van der Waals surface area (Å²) < 4.78 is 5.39. The molecule has 1 atom stereocenters. The molecule has 0 spiro atoms. The summed E-state index contributed by atoms with van der Waals surface area (Å²) >= 11 is 1.56. The van der Waals surface area contributed by atoms with Crippen LogP contribution in [0.1, 0.15) is 24.9 Å². The summed E-state index contributed by atoms with van der Waals surface area (Å²) in [5.41, 5.74) is -0.851. The molecule has 0 radical (unpaired) electrons. The number of carbonyl (C=O) groups excluding carboxylic acids is 1. The van der Waals surface area contributed by atoms with Gasteiger partial charge in [-0.1, -0.05) is 0 Å². The SMILES string of the molecule is CSCC(C)(O)CNC(=O)CCc1ccc(C)o1. The van der Waals surface area contributed by atoms with Crippen LogP contribution in [-0.2, 0) is 11.2 Å². The van der Waals surface area contributed by atoms with Crippen molar-refractivity contribution in [2.24, 2.45) is 0 Å². The van der Waals surface area contributed by atoms with Crippen molar-refractivity contribution in [2.45, 2.75) is 32.3 Å². The lowest BCUT2D eigenvalue weighted by Gasteiger charge is -2.22. The predicted octanol–water partition coefficient (Wildman–Crippen LogP) is 1.75. The summed E-state index contributed by atoms with van der Waals surface area (Å²) in [6.07, 6.45) is 2.89. The average molecular weight is 271 g/mol. The van der Waals surface area contributed by atoms with Crippen molar-refractivity contribution in [1.29, 1.82) is 0 Å². The normalized spacial score (nSPS) is 14.2. The lowest BCUT2D eigenvalue weighted by atomic mass is 10.1. The maximum Gasteiger partial charge on any atom is 0.220 e. The molecule has 0 bridgehead atoms. The van der Waals surface area contributed by atoms with E-state index in [0.29, 0.717) is 18.6 Å². The van der Waals surface area contributed by atoms with Crippen molar-refractivity contribution in [3.8, 4) is 0 Å². The highest BCUT2D eigenvalue weighted by molar-refractivity contribution is 7.98. The molecule has 0 aromatic carbocycles. The van der Waals surface area contributed by atoms with Crippen molar-refractivity contribution in [3.63, 3.8) is 0 Å². The quantitative estimate of drug-likeness (QED) is 0.793. The lowest BCUT2D eigenvalue weighted by Crippen LogP contribution is -2.42. The first kappa shape index (κ1) is 15.1. The number of rotatable bonds is 7. The molecule has 4 nitrogen and oxygen atoms in total. The van der Waals surface area contributed by atoms with Gasteiger partial charge in [0.2, 0.25) is 5.91 Å². The second-order valence-corrected chi connectivity index (χ2v) is 5.59. The standard InChI is InChI=1S/C13H21NO3S/c1-10-4-5-11(17-10)6-7-12(15)14-8-13(2,16)9-18-3/h4-5,16H,6-9H2,1-3H3,(H,14,15). The Hall–Kier alpha value is -0.940. The van der Waals surface area contributed by atoms with Gasteiger partial charge in [0, 0.05) is 25.1 Å². The first-order chi connectivity index (χ1) is 8.43. The molecule has 2 N–H and O–H groups in total. The van der Waals surface area contributed by atoms with E-state index in [2.05, 4.69) is 5.32 Å². The van der Waals surface area contributed by atoms with Crippen LogP contribution >= 0.6 is 11.8 Å². The average Bonchev–Trinajstić information content (AvgIpc) is 2.70. The molecule has 0 aliphatic rings. The van der Waals surface area contributed by atoms with Crippen molar-refractivity contribution >= 4 is 17.7 Å². The molecule has 1 unspecified atom stereocenters. The van der Waals surface area contributed by atoms with E-state index >= 15 is 0 Å². The Kier molecular flexibility index (Phi) is 5.75. The van der Waals surface area contributed by atoms with Crippen LogP contribution in [0.15, 0.2) is 16.5 Å². The third kappa shape index (κ3) is 5.60. The van der Waals surface area contributed by atoms with Gasteiger partial charge in [0.05, 0.1) is 5.60 Å². The maximum absolute atomic E-state index is 11.6. The van der Waals surface area contributed by atoms with Gasteiger partial charge in [-0.05, 0) is 32.2 Å². The van der Waals surface area contributed by atoms with Gasteiger partial charge in [-0.2, -0.15) is 11.8 Å². The Bertz CT molecular complexity index is 387. The summed E-state index contributed by atoms with van der Waals surface area (Å²) in [5.74, 6) is 2.21. The molecule has 1 aromatic heterocycles. The van der Waals surface area contributed by atoms with Crippen LogP contribution in [0.2, 0.25) is 0 Å². The smallest absolute Gasteiger partial charge is 0.220 e. The van der Waals surface area contributed by atoms with Crippen LogP contribution in [0.3, 0.4) is 0 Å². The van der Waals surface area contributed by atoms with Gasteiger partial charge < -0.3 is 14.8 Å². The molecule has 0 saturated heterocycles. The Morgan fingerprint density at radius 3 is 2.83 bits per heavy atom. The highest BCUT2D eigenvalue weighted by atomic mass is 32.2. The number of thioether (sulfide) groups is 1. The van der Waals surface area contributed by atoms with Gasteiger partial charge in [-0.25, -0.2) is 0 Å². The number of amides is 1. The van der Waals surface area contributed by atoms with E-state index in [1.807, 2.05) is 25.3 Å². The molecule has 1 rings (SSSR count). The zero-order valence-corrected chi connectivity index (χ0v) is 12.0. The van der Waals surface area contributed by atoms with Gasteiger partial charge in [0.1, 0.15) is 11.5 Å². The second kappa shape index (κ2) is 6.85. The summed E-state index contributed by atoms with van der Waals surface area (Å²) in [7, 11) is 0. The Morgan fingerprint density at radius 2 is 2.28 bits per heavy atom. The Balaban J connectivity index is 2.26. The van der Waals surface area contributed by atoms with Crippen LogP contribution < -0.4 is 5.32 Å². The summed E-state index contributed by atoms with van der Waals surface area (Å²) in [5, 5.41) is 12.6. The topological polar surface area (TPSA) is 62.5 Å². The predicted molar refractivity (Wildman–Crippen MR) is 73.8 cm³/mol. The lowest BCUT2D eigenvalue weighted by molar-refractivity contribution is -0.122. The Morgan fingerprint density at radius 1 is 1.56 bits per heavy atom. The van der Waals surface area contributed by atoms with E-state index in [4.69, 9.17) is 4.42 Å². The van der Waals surface area contributed by atoms with Crippen LogP contribution in [0.25, 0.3) is 0 Å². The van der Waals surface area contributed by atoms with E-state index in [0.717, 1.165) is 11.5 Å². The molecule has 0 saturated carbocycles. The third-order valence-corrected chi connectivity index (χ3v) is 3.43. The minimum absolute atomic E-state index is 0.0644. The molecule has 5 heteroatoms. The van der Waals surface area contributed by atoms with E-state index in [1.54, 1.807) is 18.7 Å². The molecule has 1 aromatic rings. The fourth-order valence-corrected chi connectivity index (χ4v) is 2.32. The minimum atomic E-state index is -0.851. The number of furan rings is 1. The molecule has 1 amide bonds. The van der Waals surface area contributed by atoms with E-state index in [1.165, 1.54) is 0 Å². The third-order valence-electron chi connectivity index (χ3n) is 2.52. The van der Waals surface area contributed by atoms with Crippen molar-refractivity contribution in [1.82, 2.24) is 5.32 Å². The molecular formula is C13H21NO3S. The number of aryl methyl sites for hydroxylation is 2. The van der Waals surface area contributed by atoms with Crippen molar-refractivity contribution < 1.29 is 14.3 Å². The van der Waals surface area contributed by atoms with Crippen LogP contribution in [-0.4, -0.2) is 35.2 Å². The van der Waals surface area contributed by atoms with E-state index in [-0.39, 0.29) is 12.5 Å². The fraction of sp³-hybridized carbons (Fsp3) is 0.615. The minimum Gasteiger partial charge on any atom is -0.466 e. The molecule has 102 valence electrons. The second-order valence-electron chi connectivity index (χ2n) is 4.72. The Labute approximate surface area is 112 Å². The number of carbonyl (C=O) groups is 1. The van der Waals surface area contributed by atoms with Gasteiger partial charge >= 0.3 is 0 Å². The van der Waals surface area contributed by atoms with Gasteiger partial charge in [-0.3, -0.25) is 4.79 Å². The molecule has 18 heavy (non-hydrogen) atoms. The number of hydrogen-bond donors (Lipinski definition) is 2. The zero-order chi connectivity index (χ0) is 13.6. The molecule has 0 aliphatic heterocycles. The highest BCUT2D eigenvalue weighted by Crippen LogP contribution is 2.10. The summed E-state index contributed by atoms with van der Waals surface area (Å²) in [6, 6.07) is 3.77. The van der Waals surface area contributed by atoms with E-state index < -0.39 is 5.60 Å². The zero-order valence-electron chi connectivity index (χ0n) is 11.2. The maximum atomic E-state index is 11.6. The largest absolute Gasteiger partial charge is 0.466 e. The van der Waals surface area contributed by atoms with Crippen molar-refractivity contribution in [2.75, 3.05) is 18.6 Å². The van der Waals surface area contributed by atoms with E-state index in [9.17, 15) is 9.90 Å². The number of nitrogens with one attached hydrogen (secondary N) is 1. The number of aliphatic hydroxyl groups is 1. The number of hydrogen-bond acceptors (Lipinski definition) is 4. The fourth-order valence-electron chi connectivity index (χ4n) is 1.60. The van der Waals surface area contributed by atoms with Crippen LogP contribution in [0.4, 0.5) is 0 Å². The van der Waals surface area contributed by atoms with Crippen LogP contribution in [0, 0.1) is 6.92 Å². The summed E-state index contributed by atoms with van der Waals surface area (Å²) in [6.45, 7) is 3.88. The highest BCUT2D eigenvalue weighted by Gasteiger charge is 2.20. The molecular weight excluding hydrogens is 250 g/mol. The van der Waals surface area contributed by atoms with Gasteiger partial charge in [0.25, 0.3) is 0 Å². The van der Waals surface area contributed by atoms with Crippen molar-refractivity contribution in [3.05, 3.63) is 23.7 Å². The van der Waals surface area contributed by atoms with Crippen LogP contribution in [0.5, 0.6) is 0 Å². The van der Waals surface area contributed by atoms with Gasteiger partial charge in [-0.15, -0.1) is 0 Å².